The number of hydrogen-bond acceptors (Lipinski definition) is 7. The van der Waals surface area contributed by atoms with Gasteiger partial charge in [-0.05, 0) is 18.2 Å². The lowest BCUT2D eigenvalue weighted by Crippen LogP contribution is -2.27. The summed E-state index contributed by atoms with van der Waals surface area (Å²) in [6.07, 6.45) is 0. The summed E-state index contributed by atoms with van der Waals surface area (Å²) >= 11 is 0. The highest BCUT2D eigenvalue weighted by Gasteiger charge is 2.15. The molecule has 0 saturated heterocycles. The van der Waals surface area contributed by atoms with Crippen LogP contribution in [-0.2, 0) is 0 Å². The molecule has 9 heteroatoms. The summed E-state index contributed by atoms with van der Waals surface area (Å²) in [5.74, 6) is 1.48. The van der Waals surface area contributed by atoms with Crippen molar-refractivity contribution in [1.29, 1.82) is 0 Å². The SMILES string of the molecule is COc1cccc2cc(C(=O)NCCOc3ccc4nnc(-c5ccccc5)n4n3)oc12. The van der Waals surface area contributed by atoms with Gasteiger partial charge in [0.2, 0.25) is 5.88 Å². The van der Waals surface area contributed by atoms with Crippen LogP contribution in [0.2, 0.25) is 0 Å². The number of methoxy groups -OCH3 is 1. The molecule has 32 heavy (non-hydrogen) atoms. The number of carbonyl (C=O) groups is 1. The Balaban J connectivity index is 1.22. The molecular weight excluding hydrogens is 410 g/mol. The summed E-state index contributed by atoms with van der Waals surface area (Å²) in [7, 11) is 1.56. The van der Waals surface area contributed by atoms with Gasteiger partial charge >= 0.3 is 0 Å². The van der Waals surface area contributed by atoms with Gasteiger partial charge in [0, 0.05) is 17.0 Å². The molecule has 160 valence electrons. The van der Waals surface area contributed by atoms with Crippen LogP contribution < -0.4 is 14.8 Å². The standard InChI is InChI=1S/C23H19N5O4/c1-30-17-9-5-8-16-14-18(32-21(16)17)23(29)24-12-13-31-20-11-10-19-25-26-22(28(19)27-20)15-6-3-2-4-7-15/h2-11,14H,12-13H2,1H3,(H,24,29). The van der Waals surface area contributed by atoms with Crippen LogP contribution in [0.3, 0.4) is 0 Å². The molecule has 3 heterocycles. The average Bonchev–Trinajstić information content (AvgIpc) is 3.46. The normalized spacial score (nSPS) is 11.0. The number of ether oxygens (including phenoxy) is 2. The number of rotatable bonds is 7. The van der Waals surface area contributed by atoms with Crippen molar-refractivity contribution in [3.63, 3.8) is 0 Å². The van der Waals surface area contributed by atoms with E-state index in [-0.39, 0.29) is 24.8 Å². The van der Waals surface area contributed by atoms with Crippen molar-refractivity contribution < 1.29 is 18.7 Å². The van der Waals surface area contributed by atoms with Crippen molar-refractivity contribution in [3.05, 3.63) is 72.5 Å². The number of aromatic nitrogens is 4. The van der Waals surface area contributed by atoms with Gasteiger partial charge < -0.3 is 19.2 Å². The zero-order chi connectivity index (χ0) is 21.9. The Morgan fingerprint density at radius 3 is 2.78 bits per heavy atom. The lowest BCUT2D eigenvalue weighted by molar-refractivity contribution is 0.0921. The molecule has 5 aromatic rings. The van der Waals surface area contributed by atoms with Crippen molar-refractivity contribution in [2.75, 3.05) is 20.3 Å². The summed E-state index contributed by atoms with van der Waals surface area (Å²) in [6.45, 7) is 0.511. The van der Waals surface area contributed by atoms with Crippen LogP contribution in [0, 0.1) is 0 Å². The molecule has 5 rings (SSSR count). The van der Waals surface area contributed by atoms with E-state index in [1.165, 1.54) is 0 Å². The number of amides is 1. The molecule has 9 nitrogen and oxygen atoms in total. The molecule has 1 N–H and O–H groups in total. The highest BCUT2D eigenvalue weighted by Crippen LogP contribution is 2.28. The van der Waals surface area contributed by atoms with E-state index in [2.05, 4.69) is 20.6 Å². The third-order valence-electron chi connectivity index (χ3n) is 4.86. The number of nitrogens with one attached hydrogen (secondary N) is 1. The zero-order valence-corrected chi connectivity index (χ0v) is 17.2. The van der Waals surface area contributed by atoms with Crippen molar-refractivity contribution in [2.45, 2.75) is 0 Å². The third-order valence-corrected chi connectivity index (χ3v) is 4.86. The van der Waals surface area contributed by atoms with Crippen molar-refractivity contribution in [2.24, 2.45) is 0 Å². The minimum atomic E-state index is -0.333. The molecule has 0 aliphatic carbocycles. The maximum Gasteiger partial charge on any atom is 0.287 e. The second-order valence-corrected chi connectivity index (χ2v) is 6.92. The fourth-order valence-electron chi connectivity index (χ4n) is 3.33. The molecule has 0 unspecified atom stereocenters. The highest BCUT2D eigenvalue weighted by atomic mass is 16.5. The van der Waals surface area contributed by atoms with Gasteiger partial charge in [0.1, 0.15) is 6.61 Å². The van der Waals surface area contributed by atoms with Gasteiger partial charge in [0.15, 0.2) is 28.6 Å². The number of furan rings is 1. The maximum atomic E-state index is 12.4. The Bertz CT molecular complexity index is 1390. The molecule has 2 aromatic carbocycles. The minimum absolute atomic E-state index is 0.209. The molecular formula is C23H19N5O4. The minimum Gasteiger partial charge on any atom is -0.493 e. The van der Waals surface area contributed by atoms with Gasteiger partial charge in [-0.1, -0.05) is 42.5 Å². The van der Waals surface area contributed by atoms with Crippen LogP contribution in [-0.4, -0.2) is 46.0 Å². The second kappa shape index (κ2) is 8.38. The van der Waals surface area contributed by atoms with Gasteiger partial charge in [-0.3, -0.25) is 4.79 Å². The second-order valence-electron chi connectivity index (χ2n) is 6.92. The molecule has 0 atom stereocenters. The summed E-state index contributed by atoms with van der Waals surface area (Å²) in [6, 6.07) is 20.3. The Morgan fingerprint density at radius 2 is 1.94 bits per heavy atom. The number of benzene rings is 2. The number of carbonyl (C=O) groups excluding carboxylic acids is 1. The first-order chi connectivity index (χ1) is 15.7. The number of nitrogens with zero attached hydrogens (tertiary/aromatic N) is 4. The van der Waals surface area contributed by atoms with Crippen LogP contribution in [0.5, 0.6) is 11.6 Å². The van der Waals surface area contributed by atoms with Crippen molar-refractivity contribution >= 4 is 22.5 Å². The fourth-order valence-corrected chi connectivity index (χ4v) is 3.33. The van der Waals surface area contributed by atoms with Gasteiger partial charge in [0.05, 0.1) is 13.7 Å². The van der Waals surface area contributed by atoms with E-state index in [9.17, 15) is 4.79 Å². The monoisotopic (exact) mass is 429 g/mol. The fraction of sp³-hybridized carbons (Fsp3) is 0.130. The van der Waals surface area contributed by atoms with Crippen LogP contribution >= 0.6 is 0 Å². The zero-order valence-electron chi connectivity index (χ0n) is 17.2. The number of fused-ring (bicyclic) bond motifs is 2. The summed E-state index contributed by atoms with van der Waals surface area (Å²) < 4.78 is 18.3. The van der Waals surface area contributed by atoms with Crippen molar-refractivity contribution in [1.82, 2.24) is 25.1 Å². The first-order valence-electron chi connectivity index (χ1n) is 9.98. The molecule has 0 aliphatic heterocycles. The Labute approximate surface area is 182 Å². The van der Waals surface area contributed by atoms with E-state index >= 15 is 0 Å². The average molecular weight is 429 g/mol. The van der Waals surface area contributed by atoms with Gasteiger partial charge in [-0.15, -0.1) is 15.3 Å². The Morgan fingerprint density at radius 1 is 1.06 bits per heavy atom. The molecule has 0 aliphatic rings. The summed E-state index contributed by atoms with van der Waals surface area (Å²) in [5, 5.41) is 16.4. The van der Waals surface area contributed by atoms with Crippen molar-refractivity contribution in [3.8, 4) is 23.0 Å². The van der Waals surface area contributed by atoms with E-state index in [0.29, 0.717) is 28.7 Å². The summed E-state index contributed by atoms with van der Waals surface area (Å²) in [4.78, 5) is 12.4. The molecule has 0 fully saturated rings. The first kappa shape index (κ1) is 19.6. The number of hydrogen-bond donors (Lipinski definition) is 1. The lowest BCUT2D eigenvalue weighted by atomic mass is 10.2. The van der Waals surface area contributed by atoms with E-state index in [4.69, 9.17) is 13.9 Å². The Hall–Kier alpha value is -4.40. The molecule has 3 aromatic heterocycles. The van der Waals surface area contributed by atoms with Crippen LogP contribution in [0.15, 0.2) is 71.1 Å². The van der Waals surface area contributed by atoms with Crippen LogP contribution in [0.4, 0.5) is 0 Å². The predicted octanol–water partition coefficient (Wildman–Crippen LogP) is 3.35. The van der Waals surface area contributed by atoms with Gasteiger partial charge in [-0.25, -0.2) is 0 Å². The van der Waals surface area contributed by atoms with Crippen LogP contribution in [0.1, 0.15) is 10.6 Å². The van der Waals surface area contributed by atoms with E-state index in [1.54, 1.807) is 35.9 Å². The predicted molar refractivity (Wildman–Crippen MR) is 117 cm³/mol. The molecule has 0 spiro atoms. The summed E-state index contributed by atoms with van der Waals surface area (Å²) in [5.41, 5.74) is 2.06. The topological polar surface area (TPSA) is 104 Å². The molecule has 0 bridgehead atoms. The van der Waals surface area contributed by atoms with Gasteiger partial charge in [-0.2, -0.15) is 4.52 Å². The largest absolute Gasteiger partial charge is 0.493 e. The molecule has 1 amide bonds. The van der Waals surface area contributed by atoms with E-state index in [0.717, 1.165) is 10.9 Å². The van der Waals surface area contributed by atoms with Gasteiger partial charge in [0.25, 0.3) is 5.91 Å². The quantitative estimate of drug-likeness (QED) is 0.396. The Kier molecular flexibility index (Phi) is 5.12. The van der Waals surface area contributed by atoms with E-state index < -0.39 is 0 Å². The van der Waals surface area contributed by atoms with Crippen LogP contribution in [0.25, 0.3) is 28.0 Å². The molecule has 0 saturated carbocycles. The highest BCUT2D eigenvalue weighted by molar-refractivity contribution is 5.97. The smallest absolute Gasteiger partial charge is 0.287 e. The van der Waals surface area contributed by atoms with E-state index in [1.807, 2.05) is 42.5 Å². The first-order valence-corrected chi connectivity index (χ1v) is 9.98. The number of para-hydroxylation sites is 1. The lowest BCUT2D eigenvalue weighted by Gasteiger charge is -2.07. The maximum absolute atomic E-state index is 12.4. The third kappa shape index (κ3) is 3.71. The molecule has 0 radical (unpaired) electrons.